The third-order valence-electron chi connectivity index (χ3n) is 2.99. The highest BCUT2D eigenvalue weighted by atomic mass is 127. The molecule has 0 aliphatic heterocycles. The van der Waals surface area contributed by atoms with E-state index in [0.29, 0.717) is 32.1 Å². The lowest BCUT2D eigenvalue weighted by Gasteiger charge is -2.19. The van der Waals surface area contributed by atoms with Gasteiger partial charge in [0.25, 0.3) is 5.91 Å². The molecule has 0 aliphatic carbocycles. The highest BCUT2D eigenvalue weighted by Gasteiger charge is 2.15. The molecule has 1 rings (SSSR count). The first-order valence-corrected chi connectivity index (χ1v) is 8.55. The van der Waals surface area contributed by atoms with E-state index in [1.807, 2.05) is 20.8 Å². The Morgan fingerprint density at radius 2 is 1.70 bits per heavy atom. The van der Waals surface area contributed by atoms with Gasteiger partial charge in [-0.05, 0) is 39.3 Å². The first-order chi connectivity index (χ1) is 12.3. The highest BCUT2D eigenvalue weighted by molar-refractivity contribution is 14.0. The molecule has 0 atom stereocenters. The molecule has 1 aromatic heterocycles. The standard InChI is InChI=1S/C17H29N5O4.HI/c1-17(2,3)26-16(24)22-9-6-8-20-15(18-4)21-11-10-19-14(23)13-7-5-12-25-13;/h5,7,12H,6,8-11H2,1-4H3,(H,19,23)(H,22,24)(H2,18,20,21);1H. The Labute approximate surface area is 177 Å². The van der Waals surface area contributed by atoms with Gasteiger partial charge in [-0.2, -0.15) is 0 Å². The topological polar surface area (TPSA) is 117 Å². The lowest BCUT2D eigenvalue weighted by molar-refractivity contribution is 0.0527. The predicted molar refractivity (Wildman–Crippen MR) is 115 cm³/mol. The van der Waals surface area contributed by atoms with E-state index in [-0.39, 0.29) is 35.6 Å². The van der Waals surface area contributed by atoms with E-state index in [0.717, 1.165) is 6.42 Å². The molecule has 4 N–H and O–H groups in total. The van der Waals surface area contributed by atoms with Crippen molar-refractivity contribution in [2.75, 3.05) is 33.2 Å². The average Bonchev–Trinajstić information content (AvgIpc) is 3.09. The molecule has 0 fully saturated rings. The Morgan fingerprint density at radius 3 is 2.30 bits per heavy atom. The van der Waals surface area contributed by atoms with Crippen molar-refractivity contribution in [3.8, 4) is 0 Å². The molecule has 1 aromatic rings. The van der Waals surface area contributed by atoms with Crippen molar-refractivity contribution in [3.63, 3.8) is 0 Å². The Balaban J connectivity index is 0.00000676. The van der Waals surface area contributed by atoms with Crippen LogP contribution in [-0.2, 0) is 4.74 Å². The second-order valence-corrected chi connectivity index (χ2v) is 6.44. The molecule has 0 spiro atoms. The van der Waals surface area contributed by atoms with Crippen LogP contribution >= 0.6 is 24.0 Å². The van der Waals surface area contributed by atoms with Crippen LogP contribution in [0.2, 0.25) is 0 Å². The van der Waals surface area contributed by atoms with Crippen molar-refractivity contribution in [2.24, 2.45) is 4.99 Å². The molecule has 0 saturated carbocycles. The van der Waals surface area contributed by atoms with E-state index >= 15 is 0 Å². The summed E-state index contributed by atoms with van der Waals surface area (Å²) in [6.07, 6.45) is 1.75. The summed E-state index contributed by atoms with van der Waals surface area (Å²) in [5, 5.41) is 11.6. The number of hydrogen-bond donors (Lipinski definition) is 4. The molecular weight excluding hydrogens is 465 g/mol. The largest absolute Gasteiger partial charge is 0.459 e. The van der Waals surface area contributed by atoms with E-state index in [1.54, 1.807) is 19.2 Å². The van der Waals surface area contributed by atoms with Crippen molar-refractivity contribution < 1.29 is 18.7 Å². The maximum absolute atomic E-state index is 11.7. The number of halogens is 1. The minimum atomic E-state index is -0.499. The number of rotatable bonds is 8. The Hall–Kier alpha value is -1.98. The first kappa shape index (κ1) is 25.0. The fourth-order valence-electron chi connectivity index (χ4n) is 1.87. The summed E-state index contributed by atoms with van der Waals surface area (Å²) in [5.74, 6) is 0.646. The number of furan rings is 1. The maximum atomic E-state index is 11.7. The van der Waals surface area contributed by atoms with Gasteiger partial charge in [-0.15, -0.1) is 24.0 Å². The molecule has 154 valence electrons. The van der Waals surface area contributed by atoms with Gasteiger partial charge in [-0.25, -0.2) is 4.79 Å². The lowest BCUT2D eigenvalue weighted by atomic mass is 10.2. The van der Waals surface area contributed by atoms with Crippen LogP contribution in [0.3, 0.4) is 0 Å². The van der Waals surface area contributed by atoms with E-state index in [9.17, 15) is 9.59 Å². The highest BCUT2D eigenvalue weighted by Crippen LogP contribution is 2.06. The van der Waals surface area contributed by atoms with Gasteiger partial charge in [0.1, 0.15) is 5.60 Å². The van der Waals surface area contributed by atoms with Gasteiger partial charge in [0.15, 0.2) is 11.7 Å². The van der Waals surface area contributed by atoms with E-state index in [2.05, 4.69) is 26.3 Å². The number of hydrogen-bond acceptors (Lipinski definition) is 5. The number of aliphatic imine (C=N–C) groups is 1. The SMILES string of the molecule is CN=C(NCCCNC(=O)OC(C)(C)C)NCCNC(=O)c1ccco1.I. The van der Waals surface area contributed by atoms with Crippen LogP contribution in [0.25, 0.3) is 0 Å². The zero-order valence-electron chi connectivity index (χ0n) is 16.3. The van der Waals surface area contributed by atoms with Crippen molar-refractivity contribution in [1.29, 1.82) is 0 Å². The number of nitrogens with zero attached hydrogens (tertiary/aromatic N) is 1. The Morgan fingerprint density at radius 1 is 1.07 bits per heavy atom. The predicted octanol–water partition coefficient (Wildman–Crippen LogP) is 1.71. The smallest absolute Gasteiger partial charge is 0.407 e. The van der Waals surface area contributed by atoms with Gasteiger partial charge >= 0.3 is 6.09 Å². The van der Waals surface area contributed by atoms with Crippen LogP contribution in [0.15, 0.2) is 27.8 Å². The number of amides is 2. The average molecular weight is 495 g/mol. The van der Waals surface area contributed by atoms with Crippen molar-refractivity contribution in [3.05, 3.63) is 24.2 Å². The fourth-order valence-corrected chi connectivity index (χ4v) is 1.87. The Bertz CT molecular complexity index is 585. The summed E-state index contributed by atoms with van der Waals surface area (Å²) in [7, 11) is 1.66. The molecule has 9 nitrogen and oxygen atoms in total. The molecule has 0 saturated heterocycles. The Kier molecular flexibility index (Phi) is 12.3. The van der Waals surface area contributed by atoms with Gasteiger partial charge in [0.05, 0.1) is 6.26 Å². The quantitative estimate of drug-likeness (QED) is 0.189. The molecule has 0 aliphatic rings. The summed E-state index contributed by atoms with van der Waals surface area (Å²) in [4.78, 5) is 27.3. The van der Waals surface area contributed by atoms with E-state index in [1.165, 1.54) is 6.26 Å². The summed E-state index contributed by atoms with van der Waals surface area (Å²) >= 11 is 0. The van der Waals surface area contributed by atoms with Gasteiger partial charge in [-0.3, -0.25) is 9.79 Å². The molecule has 1 heterocycles. The van der Waals surface area contributed by atoms with Crippen LogP contribution < -0.4 is 21.3 Å². The number of carbonyl (C=O) groups is 2. The minimum absolute atomic E-state index is 0. The summed E-state index contributed by atoms with van der Waals surface area (Å²) in [5.41, 5.74) is -0.499. The second kappa shape index (κ2) is 13.2. The third kappa shape index (κ3) is 12.1. The number of carbonyl (C=O) groups excluding carboxylic acids is 2. The lowest BCUT2D eigenvalue weighted by Crippen LogP contribution is -2.42. The monoisotopic (exact) mass is 495 g/mol. The van der Waals surface area contributed by atoms with Crippen molar-refractivity contribution >= 4 is 41.9 Å². The maximum Gasteiger partial charge on any atom is 0.407 e. The van der Waals surface area contributed by atoms with Crippen LogP contribution in [0.1, 0.15) is 37.7 Å². The molecule has 0 aromatic carbocycles. The van der Waals surface area contributed by atoms with Gasteiger partial charge in [0.2, 0.25) is 0 Å². The van der Waals surface area contributed by atoms with Crippen LogP contribution in [0, 0.1) is 0 Å². The van der Waals surface area contributed by atoms with Gasteiger partial charge < -0.3 is 30.4 Å². The number of nitrogens with one attached hydrogen (secondary N) is 4. The van der Waals surface area contributed by atoms with Crippen molar-refractivity contribution in [1.82, 2.24) is 21.3 Å². The number of ether oxygens (including phenoxy) is 1. The minimum Gasteiger partial charge on any atom is -0.459 e. The van der Waals surface area contributed by atoms with Gasteiger partial charge in [0, 0.05) is 33.2 Å². The molecule has 27 heavy (non-hydrogen) atoms. The number of guanidine groups is 1. The summed E-state index contributed by atoms with van der Waals surface area (Å²) in [6, 6.07) is 3.27. The van der Waals surface area contributed by atoms with Crippen molar-refractivity contribution in [2.45, 2.75) is 32.8 Å². The molecular formula is C17H30IN5O4. The fraction of sp³-hybridized carbons (Fsp3) is 0.588. The zero-order valence-corrected chi connectivity index (χ0v) is 18.6. The molecule has 0 bridgehead atoms. The van der Waals surface area contributed by atoms with Crippen LogP contribution in [0.5, 0.6) is 0 Å². The normalized spacial score (nSPS) is 11.2. The number of alkyl carbamates (subject to hydrolysis) is 1. The third-order valence-corrected chi connectivity index (χ3v) is 2.99. The zero-order chi connectivity index (χ0) is 19.4. The summed E-state index contributed by atoms with van der Waals surface area (Å²) in [6.45, 7) is 7.54. The van der Waals surface area contributed by atoms with E-state index < -0.39 is 11.7 Å². The second-order valence-electron chi connectivity index (χ2n) is 6.44. The van der Waals surface area contributed by atoms with Crippen LogP contribution in [0.4, 0.5) is 4.79 Å². The first-order valence-electron chi connectivity index (χ1n) is 8.55. The summed E-state index contributed by atoms with van der Waals surface area (Å²) < 4.78 is 10.2. The van der Waals surface area contributed by atoms with Crippen LogP contribution in [-0.4, -0.2) is 56.8 Å². The molecule has 0 radical (unpaired) electrons. The molecule has 0 unspecified atom stereocenters. The molecule has 2 amide bonds. The van der Waals surface area contributed by atoms with E-state index in [4.69, 9.17) is 9.15 Å². The van der Waals surface area contributed by atoms with Gasteiger partial charge in [-0.1, -0.05) is 0 Å². The molecule has 10 heteroatoms.